The van der Waals surface area contributed by atoms with Gasteiger partial charge >= 0.3 is 0 Å². The third-order valence-electron chi connectivity index (χ3n) is 5.75. The summed E-state index contributed by atoms with van der Waals surface area (Å²) >= 11 is 18.7. The summed E-state index contributed by atoms with van der Waals surface area (Å²) in [6, 6.07) is 17.9. The summed E-state index contributed by atoms with van der Waals surface area (Å²) in [5.74, 6) is 0.895. The number of carbonyl (C=O) groups is 1. The summed E-state index contributed by atoms with van der Waals surface area (Å²) in [5.41, 5.74) is 1.99. The van der Waals surface area contributed by atoms with Gasteiger partial charge in [-0.05, 0) is 55.6 Å². The van der Waals surface area contributed by atoms with Crippen LogP contribution in [0.25, 0.3) is 22.3 Å². The minimum Gasteiger partial charge on any atom is -0.492 e. The summed E-state index contributed by atoms with van der Waals surface area (Å²) in [7, 11) is 0. The Labute approximate surface area is 214 Å². The molecular formula is C27H24Cl3NO3. The highest BCUT2D eigenvalue weighted by Crippen LogP contribution is 2.38. The zero-order chi connectivity index (χ0) is 24.2. The molecule has 0 N–H and O–H groups in total. The van der Waals surface area contributed by atoms with Crippen molar-refractivity contribution in [3.8, 4) is 17.1 Å². The number of furan rings is 1. The van der Waals surface area contributed by atoms with Gasteiger partial charge in [0.2, 0.25) is 0 Å². The molecule has 0 aliphatic heterocycles. The molecule has 0 fully saturated rings. The summed E-state index contributed by atoms with van der Waals surface area (Å²) in [5, 5.41) is 1.40. The van der Waals surface area contributed by atoms with Crippen LogP contribution in [-0.2, 0) is 0 Å². The summed E-state index contributed by atoms with van der Waals surface area (Å²) in [6.45, 7) is 7.71. The maximum atomic E-state index is 13.7. The normalized spacial score (nSPS) is 11.4. The number of ether oxygens (including phenoxy) is 1. The number of benzene rings is 3. The minimum absolute atomic E-state index is 0.157. The first-order valence-electron chi connectivity index (χ1n) is 11.1. The number of likely N-dealkylation sites (N-methyl/N-ethyl adjacent to an activating group) is 1. The van der Waals surface area contributed by atoms with Gasteiger partial charge in [-0.2, -0.15) is 0 Å². The van der Waals surface area contributed by atoms with E-state index in [1.165, 1.54) is 12.1 Å². The Balaban J connectivity index is 1.69. The SMILES string of the molecule is CCN(CC)CCOc1ccc(-c2oc3ccccc3c2C(=O)c2cc(Cl)cc(Cl)c2Cl)cc1. The molecule has 1 heterocycles. The fourth-order valence-corrected chi connectivity index (χ4v) is 4.55. The Hall–Kier alpha value is -2.50. The standard InChI is InChI=1S/C27H24Cl3NO3/c1-3-31(4-2)13-14-33-19-11-9-17(10-12-19)27-24(20-7-5-6-8-23(20)34-27)26(32)21-15-18(28)16-22(29)25(21)30/h5-12,15-16H,3-4,13-14H2,1-2H3. The third-order valence-corrected chi connectivity index (χ3v) is 6.77. The first kappa shape index (κ1) is 24.6. The van der Waals surface area contributed by atoms with Crippen molar-refractivity contribution in [3.63, 3.8) is 0 Å². The molecule has 4 nitrogen and oxygen atoms in total. The zero-order valence-corrected chi connectivity index (χ0v) is 21.2. The van der Waals surface area contributed by atoms with E-state index in [2.05, 4.69) is 18.7 Å². The van der Waals surface area contributed by atoms with Crippen LogP contribution in [0.4, 0.5) is 0 Å². The van der Waals surface area contributed by atoms with E-state index in [1.807, 2.05) is 48.5 Å². The van der Waals surface area contributed by atoms with Crippen molar-refractivity contribution in [1.29, 1.82) is 0 Å². The number of carbonyl (C=O) groups excluding carboxylic acids is 1. The molecule has 4 aromatic rings. The van der Waals surface area contributed by atoms with Gasteiger partial charge in [-0.1, -0.05) is 66.8 Å². The first-order valence-corrected chi connectivity index (χ1v) is 12.2. The Morgan fingerprint density at radius 3 is 2.38 bits per heavy atom. The van der Waals surface area contributed by atoms with Crippen LogP contribution in [0.15, 0.2) is 65.1 Å². The van der Waals surface area contributed by atoms with Gasteiger partial charge in [-0.25, -0.2) is 0 Å². The monoisotopic (exact) mass is 515 g/mol. The van der Waals surface area contributed by atoms with Crippen LogP contribution in [0.3, 0.4) is 0 Å². The molecule has 0 unspecified atom stereocenters. The largest absolute Gasteiger partial charge is 0.492 e. The number of halogens is 3. The van der Waals surface area contributed by atoms with E-state index in [0.29, 0.717) is 33.9 Å². The number of para-hydroxylation sites is 1. The van der Waals surface area contributed by atoms with Gasteiger partial charge in [-0.15, -0.1) is 0 Å². The van der Waals surface area contributed by atoms with Gasteiger partial charge in [-0.3, -0.25) is 4.79 Å². The number of ketones is 1. The van der Waals surface area contributed by atoms with E-state index in [9.17, 15) is 4.79 Å². The lowest BCUT2D eigenvalue weighted by Crippen LogP contribution is -2.27. The zero-order valence-electron chi connectivity index (χ0n) is 18.9. The lowest BCUT2D eigenvalue weighted by Gasteiger charge is -2.18. The number of nitrogens with zero attached hydrogens (tertiary/aromatic N) is 1. The fourth-order valence-electron chi connectivity index (χ4n) is 3.87. The van der Waals surface area contributed by atoms with Crippen LogP contribution in [0.5, 0.6) is 5.75 Å². The average Bonchev–Trinajstić information content (AvgIpc) is 3.23. The van der Waals surface area contributed by atoms with E-state index in [1.54, 1.807) is 0 Å². The van der Waals surface area contributed by atoms with Crippen LogP contribution in [0.1, 0.15) is 29.8 Å². The lowest BCUT2D eigenvalue weighted by atomic mass is 9.97. The van der Waals surface area contributed by atoms with Crippen molar-refractivity contribution in [1.82, 2.24) is 4.90 Å². The molecular weight excluding hydrogens is 493 g/mol. The molecule has 7 heteroatoms. The Morgan fingerprint density at radius 2 is 1.68 bits per heavy atom. The Bertz CT molecular complexity index is 1310. The predicted octanol–water partition coefficient (Wildman–Crippen LogP) is 8.01. The highest BCUT2D eigenvalue weighted by Gasteiger charge is 2.25. The number of fused-ring (bicyclic) bond motifs is 1. The molecule has 0 aliphatic carbocycles. The minimum atomic E-state index is -0.311. The van der Waals surface area contributed by atoms with Crippen molar-refractivity contribution < 1.29 is 13.9 Å². The van der Waals surface area contributed by atoms with Crippen molar-refractivity contribution in [3.05, 3.63) is 86.9 Å². The second-order valence-corrected chi connectivity index (χ2v) is 9.00. The second-order valence-electron chi connectivity index (χ2n) is 7.78. The van der Waals surface area contributed by atoms with E-state index >= 15 is 0 Å². The molecule has 0 radical (unpaired) electrons. The Kier molecular flexibility index (Phi) is 7.84. The highest BCUT2D eigenvalue weighted by molar-refractivity contribution is 6.46. The van der Waals surface area contributed by atoms with E-state index < -0.39 is 0 Å². The maximum Gasteiger partial charge on any atom is 0.199 e. The predicted molar refractivity (Wildman–Crippen MR) is 140 cm³/mol. The van der Waals surface area contributed by atoms with Crippen LogP contribution in [0, 0.1) is 0 Å². The van der Waals surface area contributed by atoms with E-state index in [4.69, 9.17) is 44.0 Å². The summed E-state index contributed by atoms with van der Waals surface area (Å²) in [4.78, 5) is 16.0. The topological polar surface area (TPSA) is 42.7 Å². The number of rotatable bonds is 9. The van der Waals surface area contributed by atoms with Gasteiger partial charge in [0.05, 0.1) is 15.6 Å². The summed E-state index contributed by atoms with van der Waals surface area (Å²) < 4.78 is 12.0. The molecule has 4 rings (SSSR count). The van der Waals surface area contributed by atoms with Crippen molar-refractivity contribution in [2.24, 2.45) is 0 Å². The molecule has 0 saturated heterocycles. The van der Waals surface area contributed by atoms with Crippen LogP contribution < -0.4 is 4.74 Å². The van der Waals surface area contributed by atoms with Crippen LogP contribution in [0.2, 0.25) is 15.1 Å². The van der Waals surface area contributed by atoms with Gasteiger partial charge in [0, 0.05) is 28.1 Å². The molecule has 0 bridgehead atoms. The molecule has 34 heavy (non-hydrogen) atoms. The van der Waals surface area contributed by atoms with Crippen molar-refractivity contribution in [2.45, 2.75) is 13.8 Å². The van der Waals surface area contributed by atoms with Crippen LogP contribution >= 0.6 is 34.8 Å². The Morgan fingerprint density at radius 1 is 0.971 bits per heavy atom. The quantitative estimate of drug-likeness (QED) is 0.167. The molecule has 3 aromatic carbocycles. The molecule has 0 atom stereocenters. The first-order chi connectivity index (χ1) is 16.4. The van der Waals surface area contributed by atoms with E-state index in [0.717, 1.165) is 30.9 Å². The van der Waals surface area contributed by atoms with Gasteiger partial charge in [0.25, 0.3) is 0 Å². The third kappa shape index (κ3) is 5.11. The highest BCUT2D eigenvalue weighted by atomic mass is 35.5. The van der Waals surface area contributed by atoms with E-state index in [-0.39, 0.29) is 21.4 Å². The van der Waals surface area contributed by atoms with Gasteiger partial charge < -0.3 is 14.1 Å². The molecule has 0 amide bonds. The van der Waals surface area contributed by atoms with Crippen LogP contribution in [-0.4, -0.2) is 36.9 Å². The average molecular weight is 517 g/mol. The molecule has 1 aromatic heterocycles. The molecule has 0 aliphatic rings. The number of hydrogen-bond acceptors (Lipinski definition) is 4. The van der Waals surface area contributed by atoms with Crippen molar-refractivity contribution in [2.75, 3.05) is 26.2 Å². The van der Waals surface area contributed by atoms with Crippen molar-refractivity contribution >= 4 is 51.6 Å². The van der Waals surface area contributed by atoms with Gasteiger partial charge in [0.15, 0.2) is 5.78 Å². The van der Waals surface area contributed by atoms with Gasteiger partial charge in [0.1, 0.15) is 23.7 Å². The maximum absolute atomic E-state index is 13.7. The molecule has 176 valence electrons. The summed E-state index contributed by atoms with van der Waals surface area (Å²) in [6.07, 6.45) is 0. The molecule has 0 saturated carbocycles. The second kappa shape index (κ2) is 10.8. The fraction of sp³-hybridized carbons (Fsp3) is 0.222. The smallest absolute Gasteiger partial charge is 0.199 e. The lowest BCUT2D eigenvalue weighted by molar-refractivity contribution is 0.104. The number of hydrogen-bond donors (Lipinski definition) is 0. The molecule has 0 spiro atoms.